The molecule has 0 aliphatic heterocycles. The number of para-hydroxylation sites is 3. The second kappa shape index (κ2) is 34.3. The second-order valence-corrected chi connectivity index (χ2v) is 28.9. The number of aromatic amines is 1. The highest BCUT2D eigenvalue weighted by Crippen LogP contribution is 2.36. The molecule has 538 valence electrons. The standard InChI is InChI=1S/C21H15N3.C17H12N2.C15H11N3.C11H8N2.2C11H7NS.C10H6N2S/c1-4-10-16(11-5-1)19-22-20(17-12-6-2-7-13-17)24-21(23-19)18-14-8-3-9-15-18;1-2-7-13(8-3-1)19-16-11-5-4-9-14(16)15-10-6-12-18-17(15)19;1-3-7-12(8-4-1)14-16-11-17-15(18-14)13-9-5-2-6-10-13;2*1-2-6-10-8(4-1)9-5-3-7-12-11(9)13-10;1-2-4-10-8(3-1)9-5-6-12-7-11(9)13-10;1-2-4-8-7(3-1)10-9(13-8)5-11-6-12-10/h1-15H;1-12H;1-11H;1-7H,(H,12,13);2*1-7H;1-6H. The van der Waals surface area contributed by atoms with E-state index in [0.29, 0.717) is 29.1 Å². The number of fused-ring (bicyclic) bond motifs is 15. The summed E-state index contributed by atoms with van der Waals surface area (Å²) in [6.45, 7) is 0. The molecule has 0 amide bonds. The highest BCUT2D eigenvalue weighted by atomic mass is 32.1. The number of hydrogen-bond donors (Lipinski definition) is 1. The van der Waals surface area contributed by atoms with Crippen LogP contribution in [0.25, 0.3) is 167 Å². The fraction of sp³-hybridized carbons (Fsp3) is 0. The average molecular weight is 1510 g/mol. The van der Waals surface area contributed by atoms with Gasteiger partial charge >= 0.3 is 0 Å². The van der Waals surface area contributed by atoms with Crippen LogP contribution < -0.4 is 0 Å². The Balaban J connectivity index is 0.0000000966. The van der Waals surface area contributed by atoms with E-state index in [1.165, 1.54) is 72.8 Å². The molecule has 12 heterocycles. The van der Waals surface area contributed by atoms with Gasteiger partial charge in [-0.25, -0.2) is 54.8 Å². The van der Waals surface area contributed by atoms with Gasteiger partial charge in [-0.2, -0.15) is 0 Å². The average Bonchev–Trinajstić information content (AvgIpc) is 1.60. The Morgan fingerprint density at radius 2 is 0.664 bits per heavy atom. The van der Waals surface area contributed by atoms with Crippen LogP contribution in [-0.4, -0.2) is 69.4 Å². The van der Waals surface area contributed by atoms with E-state index in [4.69, 9.17) is 0 Å². The number of hydrogen-bond acceptors (Lipinski definition) is 15. The van der Waals surface area contributed by atoms with Crippen molar-refractivity contribution in [3.05, 3.63) is 396 Å². The fourth-order valence-electron chi connectivity index (χ4n) is 13.2. The number of H-pyrrole nitrogens is 1. The number of thiophene rings is 3. The summed E-state index contributed by atoms with van der Waals surface area (Å²) in [6.07, 6.45) is 14.3. The van der Waals surface area contributed by atoms with Gasteiger partial charge in [0.15, 0.2) is 29.1 Å². The zero-order valence-electron chi connectivity index (χ0n) is 60.6. The molecule has 11 aromatic carbocycles. The van der Waals surface area contributed by atoms with E-state index in [1.807, 2.05) is 231 Å². The molecule has 0 saturated heterocycles. The first kappa shape index (κ1) is 71.3. The molecule has 0 unspecified atom stereocenters. The summed E-state index contributed by atoms with van der Waals surface area (Å²) in [4.78, 5) is 56.9. The van der Waals surface area contributed by atoms with Crippen molar-refractivity contribution in [3.63, 3.8) is 0 Å². The van der Waals surface area contributed by atoms with Crippen LogP contribution in [0.1, 0.15) is 0 Å². The number of nitrogens with zero attached hydrogens (tertiary/aromatic N) is 13. The maximum atomic E-state index is 4.68. The van der Waals surface area contributed by atoms with Gasteiger partial charge in [-0.1, -0.05) is 261 Å². The van der Waals surface area contributed by atoms with Gasteiger partial charge < -0.3 is 4.98 Å². The van der Waals surface area contributed by atoms with Crippen molar-refractivity contribution >= 4 is 139 Å². The lowest BCUT2D eigenvalue weighted by molar-refractivity contribution is 1.07. The van der Waals surface area contributed by atoms with Crippen LogP contribution in [0.5, 0.6) is 0 Å². The predicted molar refractivity (Wildman–Crippen MR) is 468 cm³/mol. The maximum absolute atomic E-state index is 4.68. The van der Waals surface area contributed by atoms with Crippen LogP contribution in [0.2, 0.25) is 0 Å². The summed E-state index contributed by atoms with van der Waals surface area (Å²) < 4.78 is 8.57. The lowest BCUT2D eigenvalue weighted by atomic mass is 10.1. The van der Waals surface area contributed by atoms with E-state index in [-0.39, 0.29) is 0 Å². The second-order valence-electron chi connectivity index (χ2n) is 25.7. The van der Waals surface area contributed by atoms with Crippen molar-refractivity contribution in [2.24, 2.45) is 0 Å². The molecule has 23 rings (SSSR count). The molecule has 12 aromatic heterocycles. The molecule has 0 bridgehead atoms. The molecule has 0 atom stereocenters. The summed E-state index contributed by atoms with van der Waals surface area (Å²) in [5.41, 5.74) is 11.5. The summed E-state index contributed by atoms with van der Waals surface area (Å²) in [5.74, 6) is 3.45. The van der Waals surface area contributed by atoms with Crippen molar-refractivity contribution < 1.29 is 0 Å². The number of nitrogens with one attached hydrogen (secondary N) is 1. The molecule has 0 aliphatic rings. The Labute approximate surface area is 661 Å². The van der Waals surface area contributed by atoms with E-state index in [9.17, 15) is 0 Å². The Bertz CT molecular complexity index is 6210. The van der Waals surface area contributed by atoms with E-state index in [1.54, 1.807) is 52.9 Å². The predicted octanol–water partition coefficient (Wildman–Crippen LogP) is 24.7. The van der Waals surface area contributed by atoms with Gasteiger partial charge in [0.25, 0.3) is 0 Å². The van der Waals surface area contributed by atoms with E-state index >= 15 is 0 Å². The lowest BCUT2D eigenvalue weighted by Crippen LogP contribution is -1.99. The largest absolute Gasteiger partial charge is 0.339 e. The molecular formula is C96H66N14S3. The maximum Gasteiger partial charge on any atom is 0.164 e. The first-order chi connectivity index (χ1) is 56.1. The van der Waals surface area contributed by atoms with Gasteiger partial charge in [-0.05, 0) is 84.9 Å². The molecule has 0 fully saturated rings. The monoisotopic (exact) mass is 1510 g/mol. The van der Waals surface area contributed by atoms with Crippen molar-refractivity contribution in [2.45, 2.75) is 0 Å². The molecule has 23 aromatic rings. The topological polar surface area (TPSA) is 175 Å². The van der Waals surface area contributed by atoms with Crippen LogP contribution in [0.15, 0.2) is 396 Å². The van der Waals surface area contributed by atoms with Crippen LogP contribution in [0.4, 0.5) is 0 Å². The minimum absolute atomic E-state index is 0.684. The van der Waals surface area contributed by atoms with Crippen LogP contribution in [0, 0.1) is 0 Å². The minimum Gasteiger partial charge on any atom is -0.339 e. The van der Waals surface area contributed by atoms with Crippen molar-refractivity contribution in [3.8, 4) is 62.6 Å². The summed E-state index contributed by atoms with van der Waals surface area (Å²) in [6, 6.07) is 116. The van der Waals surface area contributed by atoms with E-state index < -0.39 is 0 Å². The van der Waals surface area contributed by atoms with Gasteiger partial charge in [0.1, 0.15) is 28.8 Å². The van der Waals surface area contributed by atoms with Gasteiger partial charge in [0.2, 0.25) is 0 Å². The van der Waals surface area contributed by atoms with Crippen LogP contribution in [-0.2, 0) is 0 Å². The van der Waals surface area contributed by atoms with Crippen molar-refractivity contribution in [1.29, 1.82) is 0 Å². The Morgan fingerprint density at radius 3 is 1.27 bits per heavy atom. The number of pyridine rings is 4. The van der Waals surface area contributed by atoms with Crippen molar-refractivity contribution in [2.75, 3.05) is 0 Å². The van der Waals surface area contributed by atoms with Crippen molar-refractivity contribution in [1.82, 2.24) is 69.4 Å². The number of rotatable bonds is 6. The summed E-state index contributed by atoms with van der Waals surface area (Å²) in [7, 11) is 0. The zero-order chi connectivity index (χ0) is 75.8. The number of benzene rings is 11. The Kier molecular flexibility index (Phi) is 21.6. The summed E-state index contributed by atoms with van der Waals surface area (Å²) in [5, 5.41) is 11.3. The SMILES string of the molecule is c1ccc(-c2nc(-c3ccccc3)nc(-c3ccccc3)n2)cc1.c1ccc(-c2ncnc(-c3ccccc3)n2)cc1.c1ccc(-n2c3ccccc3c3cccnc32)cc1.c1ccc2c(c1)[nH]c1ncccc12.c1ccc2c(c1)sc1cnccc12.c1ccc2c(c1)sc1cncnc12.c1ccc2c(c1)sc1ncccc12. The van der Waals surface area contributed by atoms with Gasteiger partial charge in [0, 0.05) is 139 Å². The lowest BCUT2D eigenvalue weighted by Gasteiger charge is -2.08. The normalized spacial score (nSPS) is 10.8. The van der Waals surface area contributed by atoms with Gasteiger partial charge in [-0.3, -0.25) is 9.55 Å². The third kappa shape index (κ3) is 16.3. The molecule has 17 heteroatoms. The minimum atomic E-state index is 0.684. The molecule has 0 saturated carbocycles. The molecule has 0 aliphatic carbocycles. The first-order valence-electron chi connectivity index (χ1n) is 36.5. The van der Waals surface area contributed by atoms with Crippen LogP contribution >= 0.6 is 34.0 Å². The molecule has 1 N–H and O–H groups in total. The highest BCUT2D eigenvalue weighted by molar-refractivity contribution is 7.26. The molecular weight excluding hydrogens is 1450 g/mol. The molecule has 14 nitrogen and oxygen atoms in total. The zero-order valence-corrected chi connectivity index (χ0v) is 63.0. The fourth-order valence-corrected chi connectivity index (χ4v) is 16.3. The van der Waals surface area contributed by atoms with E-state index in [2.05, 4.69) is 215 Å². The highest BCUT2D eigenvalue weighted by Gasteiger charge is 2.15. The summed E-state index contributed by atoms with van der Waals surface area (Å²) >= 11 is 5.29. The van der Waals surface area contributed by atoms with Gasteiger partial charge in [0.05, 0.1) is 20.4 Å². The third-order valence-electron chi connectivity index (χ3n) is 18.5. The quantitative estimate of drug-likeness (QED) is 0.167. The first-order valence-corrected chi connectivity index (χ1v) is 39.0. The molecule has 0 radical (unpaired) electrons. The Morgan fingerprint density at radius 1 is 0.248 bits per heavy atom. The molecule has 0 spiro atoms. The number of aromatic nitrogens is 14. The van der Waals surface area contributed by atoms with Crippen LogP contribution in [0.3, 0.4) is 0 Å². The molecule has 113 heavy (non-hydrogen) atoms. The van der Waals surface area contributed by atoms with Gasteiger partial charge in [-0.15, -0.1) is 34.0 Å². The Hall–Kier alpha value is -14.6. The third-order valence-corrected chi connectivity index (χ3v) is 21.8. The smallest absolute Gasteiger partial charge is 0.164 e. The van der Waals surface area contributed by atoms with E-state index in [0.717, 1.165) is 65.4 Å².